The van der Waals surface area contributed by atoms with E-state index in [0.29, 0.717) is 12.3 Å². The molecule has 3 nitrogen and oxygen atoms in total. The molecule has 0 radical (unpaired) electrons. The standard InChI is InChI=1S/C10H22N2O/c1-7(2)9(4)12-10(13)6-5-8(3)11/h7-9H,5-6,11H2,1-4H3,(H,12,13). The summed E-state index contributed by atoms with van der Waals surface area (Å²) >= 11 is 0. The van der Waals surface area contributed by atoms with Crippen molar-refractivity contribution in [2.24, 2.45) is 11.7 Å². The van der Waals surface area contributed by atoms with Crippen molar-refractivity contribution < 1.29 is 4.79 Å². The Morgan fingerprint density at radius 1 is 1.31 bits per heavy atom. The van der Waals surface area contributed by atoms with Crippen molar-refractivity contribution >= 4 is 5.91 Å². The van der Waals surface area contributed by atoms with Crippen LogP contribution in [-0.2, 0) is 4.79 Å². The lowest BCUT2D eigenvalue weighted by Gasteiger charge is -2.17. The minimum absolute atomic E-state index is 0.110. The summed E-state index contributed by atoms with van der Waals surface area (Å²) in [5, 5.41) is 2.94. The highest BCUT2D eigenvalue weighted by atomic mass is 16.1. The Balaban J connectivity index is 3.62. The van der Waals surface area contributed by atoms with Crippen molar-refractivity contribution in [2.45, 2.75) is 52.6 Å². The van der Waals surface area contributed by atoms with E-state index in [9.17, 15) is 4.79 Å². The lowest BCUT2D eigenvalue weighted by Crippen LogP contribution is -2.36. The Kier molecular flexibility index (Phi) is 5.71. The van der Waals surface area contributed by atoms with E-state index in [4.69, 9.17) is 5.73 Å². The molecule has 0 heterocycles. The quantitative estimate of drug-likeness (QED) is 0.679. The first kappa shape index (κ1) is 12.4. The summed E-state index contributed by atoms with van der Waals surface area (Å²) in [6.07, 6.45) is 1.30. The second kappa shape index (κ2) is 5.97. The molecule has 0 aromatic rings. The van der Waals surface area contributed by atoms with E-state index in [1.807, 2.05) is 13.8 Å². The maximum absolute atomic E-state index is 11.3. The fourth-order valence-corrected chi connectivity index (χ4v) is 0.852. The van der Waals surface area contributed by atoms with Gasteiger partial charge in [0, 0.05) is 18.5 Å². The molecule has 3 heteroatoms. The minimum atomic E-state index is 0.110. The molecule has 0 saturated carbocycles. The van der Waals surface area contributed by atoms with E-state index in [0.717, 1.165) is 6.42 Å². The van der Waals surface area contributed by atoms with E-state index in [1.54, 1.807) is 0 Å². The van der Waals surface area contributed by atoms with Gasteiger partial charge in [-0.25, -0.2) is 0 Å². The molecule has 0 bridgehead atoms. The van der Waals surface area contributed by atoms with Crippen LogP contribution in [0.3, 0.4) is 0 Å². The molecule has 3 N–H and O–H groups in total. The third-order valence-corrected chi connectivity index (χ3v) is 2.22. The molecule has 0 aromatic carbocycles. The van der Waals surface area contributed by atoms with Crippen molar-refractivity contribution in [1.29, 1.82) is 0 Å². The van der Waals surface area contributed by atoms with Crippen molar-refractivity contribution in [3.05, 3.63) is 0 Å². The van der Waals surface area contributed by atoms with Crippen LogP contribution in [0.25, 0.3) is 0 Å². The van der Waals surface area contributed by atoms with Gasteiger partial charge in [-0.1, -0.05) is 13.8 Å². The second-order valence-corrected chi connectivity index (χ2v) is 4.12. The summed E-state index contributed by atoms with van der Waals surface area (Å²) < 4.78 is 0. The van der Waals surface area contributed by atoms with Crippen LogP contribution < -0.4 is 11.1 Å². The molecule has 2 unspecified atom stereocenters. The SMILES string of the molecule is CC(N)CCC(=O)NC(C)C(C)C. The molecular formula is C10H22N2O. The van der Waals surface area contributed by atoms with Gasteiger partial charge in [0.2, 0.25) is 5.91 Å². The van der Waals surface area contributed by atoms with Crippen LogP contribution in [0.4, 0.5) is 0 Å². The van der Waals surface area contributed by atoms with Gasteiger partial charge in [0.05, 0.1) is 0 Å². The number of rotatable bonds is 5. The summed E-state index contributed by atoms with van der Waals surface area (Å²) in [4.78, 5) is 11.3. The largest absolute Gasteiger partial charge is 0.353 e. The minimum Gasteiger partial charge on any atom is -0.353 e. The Hall–Kier alpha value is -0.570. The maximum atomic E-state index is 11.3. The molecule has 13 heavy (non-hydrogen) atoms. The van der Waals surface area contributed by atoms with E-state index in [1.165, 1.54) is 0 Å². The topological polar surface area (TPSA) is 55.1 Å². The summed E-state index contributed by atoms with van der Waals surface area (Å²) in [6, 6.07) is 0.362. The number of hydrogen-bond acceptors (Lipinski definition) is 2. The lowest BCUT2D eigenvalue weighted by atomic mass is 10.1. The molecule has 0 aromatic heterocycles. The fraction of sp³-hybridized carbons (Fsp3) is 0.900. The first-order valence-corrected chi connectivity index (χ1v) is 4.98. The third kappa shape index (κ3) is 6.58. The molecule has 78 valence electrons. The van der Waals surface area contributed by atoms with Gasteiger partial charge >= 0.3 is 0 Å². The number of carbonyl (C=O) groups excluding carboxylic acids is 1. The molecule has 1 amide bonds. The number of hydrogen-bond donors (Lipinski definition) is 2. The smallest absolute Gasteiger partial charge is 0.220 e. The molecule has 0 saturated heterocycles. The Labute approximate surface area is 81.1 Å². The van der Waals surface area contributed by atoms with Crippen molar-refractivity contribution in [2.75, 3.05) is 0 Å². The predicted molar refractivity (Wildman–Crippen MR) is 55.3 cm³/mol. The number of carbonyl (C=O) groups is 1. The number of nitrogens with two attached hydrogens (primary N) is 1. The Morgan fingerprint density at radius 2 is 1.85 bits per heavy atom. The zero-order chi connectivity index (χ0) is 10.4. The highest BCUT2D eigenvalue weighted by Crippen LogP contribution is 2.01. The average Bonchev–Trinajstić information content (AvgIpc) is 2.00. The van der Waals surface area contributed by atoms with Crippen LogP contribution in [0.15, 0.2) is 0 Å². The van der Waals surface area contributed by atoms with Crippen LogP contribution in [0, 0.1) is 5.92 Å². The number of amides is 1. The molecule has 0 spiro atoms. The second-order valence-electron chi connectivity index (χ2n) is 4.12. The van der Waals surface area contributed by atoms with Gasteiger partial charge in [-0.2, -0.15) is 0 Å². The van der Waals surface area contributed by atoms with Crippen LogP contribution in [0.5, 0.6) is 0 Å². The predicted octanol–water partition coefficient (Wildman–Crippen LogP) is 1.27. The highest BCUT2D eigenvalue weighted by Gasteiger charge is 2.10. The van der Waals surface area contributed by atoms with Crippen molar-refractivity contribution in [1.82, 2.24) is 5.32 Å². The zero-order valence-electron chi connectivity index (χ0n) is 9.13. The first-order valence-electron chi connectivity index (χ1n) is 4.98. The van der Waals surface area contributed by atoms with Gasteiger partial charge in [0.25, 0.3) is 0 Å². The molecule has 2 atom stereocenters. The maximum Gasteiger partial charge on any atom is 0.220 e. The first-order chi connectivity index (χ1) is 5.93. The zero-order valence-corrected chi connectivity index (χ0v) is 9.13. The van der Waals surface area contributed by atoms with Gasteiger partial charge in [-0.15, -0.1) is 0 Å². The summed E-state index contributed by atoms with van der Waals surface area (Å²) in [6.45, 7) is 8.13. The van der Waals surface area contributed by atoms with Crippen LogP contribution in [-0.4, -0.2) is 18.0 Å². The third-order valence-electron chi connectivity index (χ3n) is 2.22. The van der Waals surface area contributed by atoms with E-state index < -0.39 is 0 Å². The monoisotopic (exact) mass is 186 g/mol. The van der Waals surface area contributed by atoms with Crippen LogP contribution in [0.1, 0.15) is 40.5 Å². The summed E-state index contributed by atoms with van der Waals surface area (Å²) in [5.41, 5.74) is 5.55. The summed E-state index contributed by atoms with van der Waals surface area (Å²) in [5.74, 6) is 0.595. The van der Waals surface area contributed by atoms with Crippen molar-refractivity contribution in [3.8, 4) is 0 Å². The van der Waals surface area contributed by atoms with Gasteiger partial charge < -0.3 is 11.1 Å². The normalized spacial score (nSPS) is 15.5. The lowest BCUT2D eigenvalue weighted by molar-refractivity contribution is -0.122. The van der Waals surface area contributed by atoms with Gasteiger partial charge in [-0.3, -0.25) is 4.79 Å². The van der Waals surface area contributed by atoms with E-state index >= 15 is 0 Å². The Bertz CT molecular complexity index is 155. The highest BCUT2D eigenvalue weighted by molar-refractivity contribution is 5.76. The van der Waals surface area contributed by atoms with Crippen LogP contribution >= 0.6 is 0 Å². The van der Waals surface area contributed by atoms with Crippen molar-refractivity contribution in [3.63, 3.8) is 0 Å². The van der Waals surface area contributed by atoms with Gasteiger partial charge in [-0.05, 0) is 26.2 Å². The average molecular weight is 186 g/mol. The van der Waals surface area contributed by atoms with E-state index in [2.05, 4.69) is 19.2 Å². The van der Waals surface area contributed by atoms with Gasteiger partial charge in [0.1, 0.15) is 0 Å². The molecule has 0 aliphatic rings. The number of nitrogens with one attached hydrogen (secondary N) is 1. The molecule has 0 fully saturated rings. The molecule has 0 rings (SSSR count). The molecular weight excluding hydrogens is 164 g/mol. The molecule has 0 aliphatic heterocycles. The van der Waals surface area contributed by atoms with Crippen LogP contribution in [0.2, 0.25) is 0 Å². The molecule has 0 aliphatic carbocycles. The van der Waals surface area contributed by atoms with Gasteiger partial charge in [0.15, 0.2) is 0 Å². The summed E-state index contributed by atoms with van der Waals surface area (Å²) in [7, 11) is 0. The Morgan fingerprint density at radius 3 is 2.23 bits per heavy atom. The fourth-order valence-electron chi connectivity index (χ4n) is 0.852. The van der Waals surface area contributed by atoms with E-state index in [-0.39, 0.29) is 18.0 Å².